The van der Waals surface area contributed by atoms with Crippen molar-refractivity contribution < 1.29 is 62.5 Å². The highest BCUT2D eigenvalue weighted by atomic mass is 16.6. The molecule has 11 atom stereocenters. The van der Waals surface area contributed by atoms with Gasteiger partial charge >= 0.3 is 11.9 Å². The van der Waals surface area contributed by atoms with E-state index in [-0.39, 0.29) is 55.9 Å². The van der Waals surface area contributed by atoms with Crippen molar-refractivity contribution >= 4 is 53.3 Å². The predicted octanol–water partition coefficient (Wildman–Crippen LogP) is 3.39. The van der Waals surface area contributed by atoms with Crippen molar-refractivity contribution in [1.29, 1.82) is 0 Å². The molecule has 0 saturated carbocycles. The van der Waals surface area contributed by atoms with Crippen molar-refractivity contribution in [2.45, 2.75) is 195 Å². The molecule has 20 nitrogen and oxygen atoms in total. The van der Waals surface area contributed by atoms with E-state index in [1.807, 2.05) is 34.6 Å². The van der Waals surface area contributed by atoms with Crippen LogP contribution >= 0.6 is 0 Å². The summed E-state index contributed by atoms with van der Waals surface area (Å²) in [6.45, 7) is 19.9. The van der Waals surface area contributed by atoms with Crippen LogP contribution in [0.15, 0.2) is 24.3 Å². The zero-order valence-corrected chi connectivity index (χ0v) is 46.9. The Morgan fingerprint density at radius 1 is 0.867 bits per heavy atom. The van der Waals surface area contributed by atoms with E-state index in [0.717, 1.165) is 0 Å². The number of likely N-dealkylation sites (N-methyl/N-ethyl adjacent to an activating group) is 2. The number of ether oxygens (including phenoxy) is 3. The lowest BCUT2D eigenvalue weighted by Gasteiger charge is -2.36. The van der Waals surface area contributed by atoms with Gasteiger partial charge in [0.05, 0.1) is 25.7 Å². The summed E-state index contributed by atoms with van der Waals surface area (Å²) < 4.78 is 17.3. The fraction of sp³-hybridized carbons (Fsp3) is 0.727. The van der Waals surface area contributed by atoms with Crippen LogP contribution in [0.1, 0.15) is 133 Å². The second kappa shape index (κ2) is 27.8. The van der Waals surface area contributed by atoms with Crippen LogP contribution in [0.25, 0.3) is 0 Å². The van der Waals surface area contributed by atoms with Crippen LogP contribution in [0.5, 0.6) is 5.75 Å². The summed E-state index contributed by atoms with van der Waals surface area (Å²) in [6.07, 6.45) is -2.79. The van der Waals surface area contributed by atoms with Crippen molar-refractivity contribution in [3.05, 3.63) is 29.8 Å². The van der Waals surface area contributed by atoms with E-state index in [1.54, 1.807) is 63.8 Å². The third-order valence-electron chi connectivity index (χ3n) is 14.8. The average molecular weight is 1050 g/mol. The third-order valence-corrected chi connectivity index (χ3v) is 14.8. The van der Waals surface area contributed by atoms with Crippen molar-refractivity contribution in [1.82, 2.24) is 35.6 Å². The summed E-state index contributed by atoms with van der Waals surface area (Å²) in [5.74, 6) is -7.19. The number of nitrogens with one attached hydrogen (secondary N) is 3. The number of rotatable bonds is 15. The first-order chi connectivity index (χ1) is 35.2. The second-order valence-corrected chi connectivity index (χ2v) is 22.3. The van der Waals surface area contributed by atoms with E-state index in [0.29, 0.717) is 43.5 Å². The first kappa shape index (κ1) is 61.8. The number of cyclic esters (lactones) is 2. The van der Waals surface area contributed by atoms with Crippen LogP contribution in [-0.4, -0.2) is 173 Å². The summed E-state index contributed by atoms with van der Waals surface area (Å²) in [6, 6.07) is -1.49. The Kier molecular flexibility index (Phi) is 22.9. The van der Waals surface area contributed by atoms with Gasteiger partial charge in [0.15, 0.2) is 6.10 Å². The van der Waals surface area contributed by atoms with E-state index in [4.69, 9.17) is 14.2 Å². The van der Waals surface area contributed by atoms with Crippen LogP contribution < -0.4 is 20.7 Å². The number of aliphatic hydroxyl groups is 1. The summed E-state index contributed by atoms with van der Waals surface area (Å²) >= 11 is 0. The molecule has 1 aromatic rings. The normalized spacial score (nSPS) is 26.8. The van der Waals surface area contributed by atoms with Crippen molar-refractivity contribution in [3.8, 4) is 5.75 Å². The molecule has 3 heterocycles. The fourth-order valence-corrected chi connectivity index (χ4v) is 10.2. The van der Waals surface area contributed by atoms with Gasteiger partial charge in [-0.05, 0) is 86.8 Å². The lowest BCUT2D eigenvalue weighted by Crippen LogP contribution is -2.62. The molecule has 3 fully saturated rings. The zero-order chi connectivity index (χ0) is 56.2. The lowest BCUT2D eigenvalue weighted by molar-refractivity contribution is -0.162. The SMILES string of the molecule is CC[C@H](C)[C@H]1NC(=O)[C@@H](NC(=O)[C@@H](CC(C)C)N(C)C(=O)C2CCCN2C(=O)C(C)C)[C@@H](C)OC(=O)[C@H](Cc2ccc(OC)cc2)N(C)C(=O)[C@@H]2CCCN2C(=O)[C@H](CC(C)C)NC(=O)[C@H](C(C)C)OC(=O)C[C@@H]1O. The number of fused-ring (bicyclic) bond motifs is 1. The van der Waals surface area contributed by atoms with Gasteiger partial charge in [-0.2, -0.15) is 0 Å². The first-order valence-corrected chi connectivity index (χ1v) is 27.0. The predicted molar refractivity (Wildman–Crippen MR) is 279 cm³/mol. The van der Waals surface area contributed by atoms with Gasteiger partial charge in [-0.25, -0.2) is 4.79 Å². The number of esters is 2. The summed E-state index contributed by atoms with van der Waals surface area (Å²) in [4.78, 5) is 135. The monoisotopic (exact) mass is 1050 g/mol. The molecule has 420 valence electrons. The molecule has 4 N–H and O–H groups in total. The van der Waals surface area contributed by atoms with Gasteiger partial charge in [0.25, 0.3) is 5.91 Å². The molecular formula is C55H87N7O13. The number of hydrogen-bond donors (Lipinski definition) is 4. The van der Waals surface area contributed by atoms with Crippen LogP contribution in [0.2, 0.25) is 0 Å². The summed E-state index contributed by atoms with van der Waals surface area (Å²) in [5.41, 5.74) is 0.610. The molecule has 75 heavy (non-hydrogen) atoms. The smallest absolute Gasteiger partial charge is 0.329 e. The molecular weight excluding hydrogens is 967 g/mol. The van der Waals surface area contributed by atoms with Crippen LogP contribution in [0, 0.1) is 29.6 Å². The molecule has 3 saturated heterocycles. The number of carbonyl (C=O) groups excluding carboxylic acids is 9. The molecule has 4 rings (SSSR count). The molecule has 0 aromatic heterocycles. The van der Waals surface area contributed by atoms with E-state index in [9.17, 15) is 48.3 Å². The standard InChI is InChI=1S/C55H87N7O13/c1-15-34(10)45-43(63)29-44(64)75-47(32(6)7)50(67)56-38(26-30(2)3)52(69)62-25-17-19-40(62)54(71)60(13)42(28-36-20-22-37(73-14)23-21-36)55(72)74-35(11)46(49(66)57-45)58-48(65)41(27-31(4)5)59(12)53(70)39-18-16-24-61(39)51(68)33(8)9/h20-23,30-35,38-43,45-47,63H,15-19,24-29H2,1-14H3,(H,56,67)(H,57,66)(H,58,65)/t34-,35+,38-,39?,40-,41+,42-,43-,45+,46-,47-/m0/s1. The largest absolute Gasteiger partial charge is 0.497 e. The maximum Gasteiger partial charge on any atom is 0.329 e. The molecule has 7 amide bonds. The summed E-state index contributed by atoms with van der Waals surface area (Å²) in [7, 11) is 4.42. The zero-order valence-electron chi connectivity index (χ0n) is 46.9. The molecule has 3 aliphatic heterocycles. The van der Waals surface area contributed by atoms with Gasteiger partial charge in [-0.15, -0.1) is 0 Å². The molecule has 20 heteroatoms. The maximum absolute atomic E-state index is 14.9. The van der Waals surface area contributed by atoms with E-state index < -0.39 is 126 Å². The van der Waals surface area contributed by atoms with E-state index in [2.05, 4.69) is 16.0 Å². The van der Waals surface area contributed by atoms with Crippen LogP contribution in [0.3, 0.4) is 0 Å². The maximum atomic E-state index is 14.9. The van der Waals surface area contributed by atoms with E-state index in [1.165, 1.54) is 42.8 Å². The number of carbonyl (C=O) groups is 9. The Hall–Kier alpha value is -5.79. The van der Waals surface area contributed by atoms with Gasteiger partial charge < -0.3 is 54.9 Å². The number of likely N-dealkylation sites (tertiary alicyclic amines) is 1. The minimum Gasteiger partial charge on any atom is -0.497 e. The molecule has 3 aliphatic rings. The van der Waals surface area contributed by atoms with Gasteiger partial charge in [0.1, 0.15) is 48.1 Å². The lowest BCUT2D eigenvalue weighted by atomic mass is 9.92. The highest BCUT2D eigenvalue weighted by Crippen LogP contribution is 2.27. The quantitative estimate of drug-likeness (QED) is 0.184. The fourth-order valence-electron chi connectivity index (χ4n) is 10.2. The molecule has 0 radical (unpaired) electrons. The number of amides is 7. The number of benzene rings is 1. The number of methoxy groups -OCH3 is 1. The first-order valence-electron chi connectivity index (χ1n) is 27.0. The van der Waals surface area contributed by atoms with Crippen molar-refractivity contribution in [2.75, 3.05) is 34.3 Å². The van der Waals surface area contributed by atoms with Crippen LogP contribution in [-0.2, 0) is 59.0 Å². The Labute approximate surface area is 444 Å². The second-order valence-electron chi connectivity index (χ2n) is 22.3. The minimum atomic E-state index is -1.69. The van der Waals surface area contributed by atoms with E-state index >= 15 is 0 Å². The Morgan fingerprint density at radius 2 is 1.51 bits per heavy atom. The number of aliphatic hydroxyl groups excluding tert-OH is 1. The molecule has 1 unspecified atom stereocenters. The van der Waals surface area contributed by atoms with Crippen LogP contribution in [0.4, 0.5) is 0 Å². The average Bonchev–Trinajstić information content (AvgIpc) is 4.06. The molecule has 1 aromatic carbocycles. The topological polar surface area (TPSA) is 251 Å². The van der Waals surface area contributed by atoms with Gasteiger partial charge in [-0.1, -0.05) is 87.8 Å². The van der Waals surface area contributed by atoms with Gasteiger partial charge in [0, 0.05) is 39.5 Å². The Bertz CT molecular complexity index is 2170. The van der Waals surface area contributed by atoms with Gasteiger partial charge in [0.2, 0.25) is 35.4 Å². The third kappa shape index (κ3) is 16.1. The minimum absolute atomic E-state index is 0.0819. The molecule has 0 spiro atoms. The van der Waals surface area contributed by atoms with Crippen molar-refractivity contribution in [3.63, 3.8) is 0 Å². The number of nitrogens with zero attached hydrogens (tertiary/aromatic N) is 4. The Balaban J connectivity index is 1.87. The highest BCUT2D eigenvalue weighted by Gasteiger charge is 2.45. The highest BCUT2D eigenvalue weighted by molar-refractivity contribution is 5.97. The molecule has 0 bridgehead atoms. The van der Waals surface area contributed by atoms with Gasteiger partial charge in [-0.3, -0.25) is 38.4 Å². The summed E-state index contributed by atoms with van der Waals surface area (Å²) in [5, 5.41) is 20.2. The Morgan fingerprint density at radius 3 is 2.08 bits per heavy atom. The van der Waals surface area contributed by atoms with Crippen molar-refractivity contribution in [2.24, 2.45) is 29.6 Å². The number of hydrogen-bond acceptors (Lipinski definition) is 13. The molecule has 0 aliphatic carbocycles.